The van der Waals surface area contributed by atoms with Gasteiger partial charge in [-0.25, -0.2) is 9.18 Å². The molecule has 3 N–H and O–H groups in total. The van der Waals surface area contributed by atoms with E-state index in [1.807, 2.05) is 0 Å². The lowest BCUT2D eigenvalue weighted by molar-refractivity contribution is -0.119. The number of carbonyl (C=O) groups is 2. The van der Waals surface area contributed by atoms with E-state index in [-0.39, 0.29) is 17.0 Å². The molecule has 6 nitrogen and oxygen atoms in total. The molecule has 2 aromatic carbocycles. The molecule has 0 aliphatic heterocycles. The Labute approximate surface area is 131 Å². The van der Waals surface area contributed by atoms with E-state index >= 15 is 0 Å². The normalized spacial score (nSPS) is 10.2. The lowest BCUT2D eigenvalue weighted by Crippen LogP contribution is -2.21. The summed E-state index contributed by atoms with van der Waals surface area (Å²) in [6, 6.07) is 7.60. The molecule has 0 saturated heterocycles. The van der Waals surface area contributed by atoms with Crippen molar-refractivity contribution in [3.8, 4) is 11.5 Å². The number of rotatable bonds is 4. The third-order valence-electron chi connectivity index (χ3n) is 2.93. The Morgan fingerprint density at radius 2 is 1.91 bits per heavy atom. The molecule has 0 aromatic heterocycles. The van der Waals surface area contributed by atoms with Crippen molar-refractivity contribution >= 4 is 17.6 Å². The van der Waals surface area contributed by atoms with Crippen LogP contribution in [0, 0.1) is 12.7 Å². The second kappa shape index (κ2) is 6.78. The molecular formula is C16H14FNO5. The van der Waals surface area contributed by atoms with E-state index in [1.54, 1.807) is 13.0 Å². The van der Waals surface area contributed by atoms with Crippen LogP contribution in [-0.4, -0.2) is 28.7 Å². The SMILES string of the molecule is Cc1ccc(NC(=O)COC(=O)c2ccc(O)cc2O)c(F)c1. The van der Waals surface area contributed by atoms with Gasteiger partial charge in [0.2, 0.25) is 0 Å². The molecule has 0 saturated carbocycles. The quantitative estimate of drug-likeness (QED) is 0.752. The molecule has 2 rings (SSSR count). The number of esters is 1. The number of phenols is 2. The average Bonchev–Trinajstić information content (AvgIpc) is 2.48. The van der Waals surface area contributed by atoms with Gasteiger partial charge in [0.25, 0.3) is 5.91 Å². The fourth-order valence-electron chi connectivity index (χ4n) is 1.81. The Morgan fingerprint density at radius 1 is 1.17 bits per heavy atom. The summed E-state index contributed by atoms with van der Waals surface area (Å²) >= 11 is 0. The van der Waals surface area contributed by atoms with Crippen molar-refractivity contribution in [3.05, 3.63) is 53.3 Å². The number of amides is 1. The van der Waals surface area contributed by atoms with Gasteiger partial charge in [0.1, 0.15) is 22.9 Å². The zero-order valence-corrected chi connectivity index (χ0v) is 12.2. The highest BCUT2D eigenvalue weighted by Crippen LogP contribution is 2.23. The molecule has 120 valence electrons. The minimum Gasteiger partial charge on any atom is -0.508 e. The van der Waals surface area contributed by atoms with Gasteiger partial charge in [-0.3, -0.25) is 4.79 Å². The summed E-state index contributed by atoms with van der Waals surface area (Å²) in [7, 11) is 0. The average molecular weight is 319 g/mol. The molecule has 0 fully saturated rings. The Balaban J connectivity index is 1.94. The van der Waals surface area contributed by atoms with E-state index < -0.39 is 30.1 Å². The van der Waals surface area contributed by atoms with Crippen molar-refractivity contribution < 1.29 is 28.9 Å². The van der Waals surface area contributed by atoms with Crippen LogP contribution in [0.25, 0.3) is 0 Å². The molecule has 1 amide bonds. The van der Waals surface area contributed by atoms with E-state index in [0.717, 1.165) is 12.1 Å². The van der Waals surface area contributed by atoms with Crippen molar-refractivity contribution in [1.29, 1.82) is 0 Å². The van der Waals surface area contributed by atoms with Crippen molar-refractivity contribution in [2.45, 2.75) is 6.92 Å². The number of carbonyl (C=O) groups excluding carboxylic acids is 2. The molecule has 0 bridgehead atoms. The first-order chi connectivity index (χ1) is 10.9. The van der Waals surface area contributed by atoms with Gasteiger partial charge in [-0.15, -0.1) is 0 Å². The maximum atomic E-state index is 13.6. The Kier molecular flexibility index (Phi) is 4.80. The predicted molar refractivity (Wildman–Crippen MR) is 79.8 cm³/mol. The molecule has 23 heavy (non-hydrogen) atoms. The number of nitrogens with one attached hydrogen (secondary N) is 1. The second-order valence-electron chi connectivity index (χ2n) is 4.81. The predicted octanol–water partition coefficient (Wildman–Crippen LogP) is 2.34. The summed E-state index contributed by atoms with van der Waals surface area (Å²) in [5.74, 6) is -2.95. The summed E-state index contributed by atoms with van der Waals surface area (Å²) in [6.45, 7) is 1.06. The van der Waals surface area contributed by atoms with Crippen LogP contribution in [0.3, 0.4) is 0 Å². The molecule has 0 radical (unpaired) electrons. The van der Waals surface area contributed by atoms with E-state index in [4.69, 9.17) is 9.84 Å². The largest absolute Gasteiger partial charge is 0.508 e. The van der Waals surface area contributed by atoms with Crippen molar-refractivity contribution in [3.63, 3.8) is 0 Å². The summed E-state index contributed by atoms with van der Waals surface area (Å²) < 4.78 is 18.3. The Morgan fingerprint density at radius 3 is 2.57 bits per heavy atom. The van der Waals surface area contributed by atoms with Crippen molar-refractivity contribution in [1.82, 2.24) is 0 Å². The summed E-state index contributed by atoms with van der Waals surface area (Å²) in [5.41, 5.74) is 0.482. The summed E-state index contributed by atoms with van der Waals surface area (Å²) in [6.07, 6.45) is 0. The fraction of sp³-hybridized carbons (Fsp3) is 0.125. The van der Waals surface area contributed by atoms with Gasteiger partial charge in [0, 0.05) is 6.07 Å². The van der Waals surface area contributed by atoms with Crippen LogP contribution in [0.5, 0.6) is 11.5 Å². The maximum absolute atomic E-state index is 13.6. The van der Waals surface area contributed by atoms with Crippen molar-refractivity contribution in [2.24, 2.45) is 0 Å². The monoisotopic (exact) mass is 319 g/mol. The minimum absolute atomic E-state index is 0.0240. The van der Waals surface area contributed by atoms with E-state index in [9.17, 15) is 19.1 Å². The Hall–Kier alpha value is -3.09. The van der Waals surface area contributed by atoms with Gasteiger partial charge in [0.15, 0.2) is 6.61 Å². The molecule has 2 aromatic rings. The van der Waals surface area contributed by atoms with Crippen LogP contribution in [0.2, 0.25) is 0 Å². The highest BCUT2D eigenvalue weighted by atomic mass is 19.1. The van der Waals surface area contributed by atoms with E-state index in [2.05, 4.69) is 5.32 Å². The van der Waals surface area contributed by atoms with Crippen LogP contribution in [-0.2, 0) is 9.53 Å². The van der Waals surface area contributed by atoms with E-state index in [0.29, 0.717) is 5.56 Å². The van der Waals surface area contributed by atoms with Gasteiger partial charge in [-0.2, -0.15) is 0 Å². The summed E-state index contributed by atoms with van der Waals surface area (Å²) in [5, 5.41) is 20.9. The molecule has 0 heterocycles. The first-order valence-corrected chi connectivity index (χ1v) is 6.62. The third kappa shape index (κ3) is 4.19. The number of phenolic OH excluding ortho intramolecular Hbond substituents is 2. The number of aryl methyl sites for hydroxylation is 1. The smallest absolute Gasteiger partial charge is 0.342 e. The van der Waals surface area contributed by atoms with Crippen LogP contribution in [0.15, 0.2) is 36.4 Å². The number of halogens is 1. The lowest BCUT2D eigenvalue weighted by Gasteiger charge is -2.08. The Bertz CT molecular complexity index is 760. The molecule has 7 heteroatoms. The number of benzene rings is 2. The molecule has 0 spiro atoms. The van der Waals surface area contributed by atoms with Crippen LogP contribution < -0.4 is 5.32 Å². The minimum atomic E-state index is -0.943. The molecule has 0 atom stereocenters. The van der Waals surface area contributed by atoms with Gasteiger partial charge >= 0.3 is 5.97 Å². The highest BCUT2D eigenvalue weighted by Gasteiger charge is 2.15. The topological polar surface area (TPSA) is 95.9 Å². The van der Waals surface area contributed by atoms with Gasteiger partial charge in [-0.1, -0.05) is 6.07 Å². The molecular weight excluding hydrogens is 305 g/mol. The van der Waals surface area contributed by atoms with E-state index in [1.165, 1.54) is 18.2 Å². The number of hydrogen-bond acceptors (Lipinski definition) is 5. The zero-order chi connectivity index (χ0) is 17.0. The van der Waals surface area contributed by atoms with Gasteiger partial charge in [-0.05, 0) is 36.8 Å². The van der Waals surface area contributed by atoms with Gasteiger partial charge in [0.05, 0.1) is 5.69 Å². The highest BCUT2D eigenvalue weighted by molar-refractivity contribution is 5.96. The first-order valence-electron chi connectivity index (χ1n) is 6.62. The van der Waals surface area contributed by atoms with Crippen LogP contribution in [0.1, 0.15) is 15.9 Å². The number of hydrogen-bond donors (Lipinski definition) is 3. The van der Waals surface area contributed by atoms with Crippen LogP contribution >= 0.6 is 0 Å². The van der Waals surface area contributed by atoms with Crippen LogP contribution in [0.4, 0.5) is 10.1 Å². The fourth-order valence-corrected chi connectivity index (χ4v) is 1.81. The molecule has 0 aliphatic carbocycles. The van der Waals surface area contributed by atoms with Gasteiger partial charge < -0.3 is 20.3 Å². The molecule has 0 unspecified atom stereocenters. The second-order valence-corrected chi connectivity index (χ2v) is 4.81. The lowest BCUT2D eigenvalue weighted by atomic mass is 10.2. The maximum Gasteiger partial charge on any atom is 0.342 e. The summed E-state index contributed by atoms with van der Waals surface area (Å²) in [4.78, 5) is 23.4. The standard InChI is InChI=1S/C16H14FNO5/c1-9-2-5-13(12(17)6-9)18-15(21)8-23-16(22)11-4-3-10(19)7-14(11)20/h2-7,19-20H,8H2,1H3,(H,18,21). The zero-order valence-electron chi connectivity index (χ0n) is 12.2. The number of aromatic hydroxyl groups is 2. The first kappa shape index (κ1) is 16.3. The number of ether oxygens (including phenoxy) is 1. The third-order valence-corrected chi connectivity index (χ3v) is 2.93. The number of anilines is 1. The van der Waals surface area contributed by atoms with Crippen molar-refractivity contribution in [2.75, 3.05) is 11.9 Å². The molecule has 0 aliphatic rings.